The molecule has 1 fully saturated rings. The number of hydrogen-bond acceptors (Lipinski definition) is 4. The molecule has 1 aliphatic rings. The second kappa shape index (κ2) is 5.55. The smallest absolute Gasteiger partial charge is 0.225 e. The molecule has 2 aromatic rings. The zero-order chi connectivity index (χ0) is 13.1. The molecule has 5 heteroatoms. The van der Waals surface area contributed by atoms with Gasteiger partial charge in [-0.1, -0.05) is 23.7 Å². The SMILES string of the molecule is Clc1ccc(-c2cnc(N3CCOCC3)nc2)cc1. The molecular weight excluding hydrogens is 262 g/mol. The summed E-state index contributed by atoms with van der Waals surface area (Å²) >= 11 is 5.88. The van der Waals surface area contributed by atoms with E-state index in [4.69, 9.17) is 16.3 Å². The highest BCUT2D eigenvalue weighted by molar-refractivity contribution is 6.30. The molecule has 2 heterocycles. The Morgan fingerprint density at radius 3 is 2.21 bits per heavy atom. The number of nitrogens with zero attached hydrogens (tertiary/aromatic N) is 3. The van der Waals surface area contributed by atoms with Crippen molar-refractivity contribution in [3.8, 4) is 11.1 Å². The number of aromatic nitrogens is 2. The fraction of sp³-hybridized carbons (Fsp3) is 0.286. The average Bonchev–Trinajstić information content (AvgIpc) is 2.49. The van der Waals surface area contributed by atoms with Crippen molar-refractivity contribution in [1.29, 1.82) is 0 Å². The molecule has 4 nitrogen and oxygen atoms in total. The third-order valence-electron chi connectivity index (χ3n) is 3.11. The Bertz CT molecular complexity index is 536. The van der Waals surface area contributed by atoms with Gasteiger partial charge in [0.1, 0.15) is 0 Å². The molecule has 0 saturated carbocycles. The van der Waals surface area contributed by atoms with Gasteiger partial charge >= 0.3 is 0 Å². The molecule has 98 valence electrons. The predicted molar refractivity (Wildman–Crippen MR) is 75.5 cm³/mol. The summed E-state index contributed by atoms with van der Waals surface area (Å²) < 4.78 is 5.32. The zero-order valence-electron chi connectivity index (χ0n) is 10.4. The van der Waals surface area contributed by atoms with E-state index in [2.05, 4.69) is 14.9 Å². The molecule has 0 atom stereocenters. The molecular formula is C14H14ClN3O. The molecule has 1 aromatic heterocycles. The van der Waals surface area contributed by atoms with Crippen molar-refractivity contribution in [3.05, 3.63) is 41.7 Å². The summed E-state index contributed by atoms with van der Waals surface area (Å²) in [5.74, 6) is 0.765. The Labute approximate surface area is 117 Å². The van der Waals surface area contributed by atoms with Crippen LogP contribution in [0.4, 0.5) is 5.95 Å². The maximum atomic E-state index is 5.88. The maximum absolute atomic E-state index is 5.88. The second-order valence-electron chi connectivity index (χ2n) is 4.38. The van der Waals surface area contributed by atoms with Crippen molar-refractivity contribution in [2.24, 2.45) is 0 Å². The Kier molecular flexibility index (Phi) is 3.62. The minimum atomic E-state index is 0.731. The first-order valence-electron chi connectivity index (χ1n) is 6.23. The van der Waals surface area contributed by atoms with Crippen molar-refractivity contribution >= 4 is 17.5 Å². The number of rotatable bonds is 2. The summed E-state index contributed by atoms with van der Waals surface area (Å²) in [6.07, 6.45) is 3.70. The van der Waals surface area contributed by atoms with E-state index < -0.39 is 0 Å². The number of morpholine rings is 1. The quantitative estimate of drug-likeness (QED) is 0.844. The van der Waals surface area contributed by atoms with Crippen LogP contribution in [0.3, 0.4) is 0 Å². The molecule has 19 heavy (non-hydrogen) atoms. The lowest BCUT2D eigenvalue weighted by Crippen LogP contribution is -2.37. The third kappa shape index (κ3) is 2.85. The first-order chi connectivity index (χ1) is 9.33. The normalized spacial score (nSPS) is 15.5. The van der Waals surface area contributed by atoms with Crippen LogP contribution in [0.1, 0.15) is 0 Å². The average molecular weight is 276 g/mol. The Morgan fingerprint density at radius 2 is 1.58 bits per heavy atom. The van der Waals surface area contributed by atoms with Gasteiger partial charge in [-0.2, -0.15) is 0 Å². The molecule has 1 saturated heterocycles. The van der Waals surface area contributed by atoms with Gasteiger partial charge in [-0.05, 0) is 17.7 Å². The summed E-state index contributed by atoms with van der Waals surface area (Å²) in [6.45, 7) is 3.17. The van der Waals surface area contributed by atoms with Crippen molar-refractivity contribution < 1.29 is 4.74 Å². The van der Waals surface area contributed by atoms with Crippen molar-refractivity contribution in [3.63, 3.8) is 0 Å². The summed E-state index contributed by atoms with van der Waals surface area (Å²) in [5, 5.41) is 0.731. The molecule has 0 radical (unpaired) electrons. The highest BCUT2D eigenvalue weighted by atomic mass is 35.5. The number of anilines is 1. The van der Waals surface area contributed by atoms with E-state index in [1.165, 1.54) is 0 Å². The highest BCUT2D eigenvalue weighted by Gasteiger charge is 2.13. The van der Waals surface area contributed by atoms with Gasteiger partial charge in [-0.15, -0.1) is 0 Å². The Morgan fingerprint density at radius 1 is 0.947 bits per heavy atom. The summed E-state index contributed by atoms with van der Waals surface area (Å²) in [5.41, 5.74) is 2.06. The maximum Gasteiger partial charge on any atom is 0.225 e. The standard InChI is InChI=1S/C14H14ClN3O/c15-13-3-1-11(2-4-13)12-9-16-14(17-10-12)18-5-7-19-8-6-18/h1-4,9-10H,5-8H2. The van der Waals surface area contributed by atoms with Crippen LogP contribution in [0, 0.1) is 0 Å². The van der Waals surface area contributed by atoms with Gasteiger partial charge in [0.05, 0.1) is 13.2 Å². The highest BCUT2D eigenvalue weighted by Crippen LogP contribution is 2.21. The predicted octanol–water partition coefficient (Wildman–Crippen LogP) is 2.63. The Hall–Kier alpha value is -1.65. The molecule has 0 bridgehead atoms. The van der Waals surface area contributed by atoms with Gasteiger partial charge in [0.25, 0.3) is 0 Å². The van der Waals surface area contributed by atoms with E-state index in [0.29, 0.717) is 0 Å². The van der Waals surface area contributed by atoms with E-state index in [1.54, 1.807) is 0 Å². The van der Waals surface area contributed by atoms with Crippen molar-refractivity contribution in [1.82, 2.24) is 9.97 Å². The third-order valence-corrected chi connectivity index (χ3v) is 3.36. The van der Waals surface area contributed by atoms with Crippen molar-refractivity contribution in [2.45, 2.75) is 0 Å². The Balaban J connectivity index is 1.80. The van der Waals surface area contributed by atoms with Crippen molar-refractivity contribution in [2.75, 3.05) is 31.2 Å². The summed E-state index contributed by atoms with van der Waals surface area (Å²) in [6, 6.07) is 7.67. The van der Waals surface area contributed by atoms with Crippen LogP contribution >= 0.6 is 11.6 Å². The first kappa shape index (κ1) is 12.4. The lowest BCUT2D eigenvalue weighted by Gasteiger charge is -2.26. The number of halogens is 1. The van der Waals surface area contributed by atoms with Gasteiger partial charge < -0.3 is 9.64 Å². The van der Waals surface area contributed by atoms with Gasteiger partial charge in [0, 0.05) is 36.1 Å². The van der Waals surface area contributed by atoms with E-state index >= 15 is 0 Å². The van der Waals surface area contributed by atoms with Crippen LogP contribution < -0.4 is 4.90 Å². The number of hydrogen-bond donors (Lipinski definition) is 0. The minimum absolute atomic E-state index is 0.731. The molecule has 0 aliphatic carbocycles. The second-order valence-corrected chi connectivity index (χ2v) is 4.81. The van der Waals surface area contributed by atoms with Gasteiger partial charge in [0.2, 0.25) is 5.95 Å². The van der Waals surface area contributed by atoms with E-state index in [-0.39, 0.29) is 0 Å². The summed E-state index contributed by atoms with van der Waals surface area (Å²) in [4.78, 5) is 11.0. The molecule has 0 N–H and O–H groups in total. The van der Waals surface area contributed by atoms with Crippen LogP contribution in [0.5, 0.6) is 0 Å². The van der Waals surface area contributed by atoms with E-state index in [1.807, 2.05) is 36.7 Å². The molecule has 1 aromatic carbocycles. The molecule has 1 aliphatic heterocycles. The van der Waals surface area contributed by atoms with Gasteiger partial charge in [-0.25, -0.2) is 9.97 Å². The summed E-state index contributed by atoms with van der Waals surface area (Å²) in [7, 11) is 0. The van der Waals surface area contributed by atoms with Gasteiger partial charge in [0.15, 0.2) is 0 Å². The lowest BCUT2D eigenvalue weighted by atomic mass is 10.1. The van der Waals surface area contributed by atoms with Crippen LogP contribution in [-0.4, -0.2) is 36.3 Å². The lowest BCUT2D eigenvalue weighted by molar-refractivity contribution is 0.122. The number of ether oxygens (including phenoxy) is 1. The largest absolute Gasteiger partial charge is 0.378 e. The molecule has 0 spiro atoms. The van der Waals surface area contributed by atoms with Crippen LogP contribution in [0.25, 0.3) is 11.1 Å². The molecule has 0 unspecified atom stereocenters. The van der Waals surface area contributed by atoms with Gasteiger partial charge in [-0.3, -0.25) is 0 Å². The fourth-order valence-electron chi connectivity index (χ4n) is 2.04. The van der Waals surface area contributed by atoms with E-state index in [9.17, 15) is 0 Å². The fourth-order valence-corrected chi connectivity index (χ4v) is 2.17. The monoisotopic (exact) mass is 275 g/mol. The van der Waals surface area contributed by atoms with E-state index in [0.717, 1.165) is 48.4 Å². The minimum Gasteiger partial charge on any atom is -0.378 e. The van der Waals surface area contributed by atoms with Crippen LogP contribution in [0.15, 0.2) is 36.7 Å². The topological polar surface area (TPSA) is 38.2 Å². The zero-order valence-corrected chi connectivity index (χ0v) is 11.2. The van der Waals surface area contributed by atoms with Crippen LogP contribution in [-0.2, 0) is 4.74 Å². The first-order valence-corrected chi connectivity index (χ1v) is 6.61. The number of benzene rings is 1. The van der Waals surface area contributed by atoms with Crippen LogP contribution in [0.2, 0.25) is 5.02 Å². The molecule has 3 rings (SSSR count). The molecule has 0 amide bonds.